The van der Waals surface area contributed by atoms with Crippen molar-refractivity contribution in [2.45, 2.75) is 6.92 Å². The van der Waals surface area contributed by atoms with Crippen LogP contribution in [-0.2, 0) is 0 Å². The number of rotatable bonds is 3. The van der Waals surface area contributed by atoms with E-state index in [-0.39, 0.29) is 28.4 Å². The van der Waals surface area contributed by atoms with E-state index in [9.17, 15) is 9.18 Å². The van der Waals surface area contributed by atoms with Gasteiger partial charge in [-0.1, -0.05) is 6.07 Å². The fraction of sp³-hybridized carbons (Fsp3) is 0.0667. The molecule has 2 aromatic rings. The Morgan fingerprint density at radius 1 is 1.30 bits per heavy atom. The standard InChI is InChI=1S/C15H11FN2O2/c1-9(19)11-7-10(18)5-6-15(11)20-14-4-2-3-13(16)12(14)8-17/h2-7H,18H2,1H3. The van der Waals surface area contributed by atoms with Crippen LogP contribution in [0.3, 0.4) is 0 Å². The average molecular weight is 270 g/mol. The lowest BCUT2D eigenvalue weighted by atomic mass is 10.1. The maximum absolute atomic E-state index is 13.5. The van der Waals surface area contributed by atoms with Gasteiger partial charge in [-0.15, -0.1) is 0 Å². The third-order valence-corrected chi connectivity index (χ3v) is 2.69. The van der Waals surface area contributed by atoms with Crippen LogP contribution in [0, 0.1) is 17.1 Å². The summed E-state index contributed by atoms with van der Waals surface area (Å²) in [6.07, 6.45) is 0. The van der Waals surface area contributed by atoms with Gasteiger partial charge >= 0.3 is 0 Å². The van der Waals surface area contributed by atoms with Gasteiger partial charge in [-0.05, 0) is 37.3 Å². The lowest BCUT2D eigenvalue weighted by Crippen LogP contribution is -2.00. The second-order valence-corrected chi connectivity index (χ2v) is 4.14. The van der Waals surface area contributed by atoms with Crippen LogP contribution in [0.4, 0.5) is 10.1 Å². The van der Waals surface area contributed by atoms with E-state index < -0.39 is 5.82 Å². The van der Waals surface area contributed by atoms with Crippen molar-refractivity contribution in [2.24, 2.45) is 0 Å². The lowest BCUT2D eigenvalue weighted by molar-refractivity contribution is 0.101. The Kier molecular flexibility index (Phi) is 3.67. The highest BCUT2D eigenvalue weighted by atomic mass is 19.1. The Morgan fingerprint density at radius 2 is 2.05 bits per heavy atom. The van der Waals surface area contributed by atoms with Crippen LogP contribution in [0.15, 0.2) is 36.4 Å². The van der Waals surface area contributed by atoms with Crippen LogP contribution < -0.4 is 10.5 Å². The minimum atomic E-state index is -0.676. The van der Waals surface area contributed by atoms with Crippen molar-refractivity contribution < 1.29 is 13.9 Å². The molecular weight excluding hydrogens is 259 g/mol. The first kappa shape index (κ1) is 13.6. The third-order valence-electron chi connectivity index (χ3n) is 2.69. The quantitative estimate of drug-likeness (QED) is 0.686. The number of ether oxygens (including phenoxy) is 1. The topological polar surface area (TPSA) is 76.1 Å². The van der Waals surface area contributed by atoms with E-state index in [1.165, 1.54) is 37.3 Å². The molecule has 0 radical (unpaired) electrons. The first-order valence-electron chi connectivity index (χ1n) is 5.80. The number of nitrogen functional groups attached to an aromatic ring is 1. The molecule has 0 bridgehead atoms. The molecule has 0 saturated heterocycles. The summed E-state index contributed by atoms with van der Waals surface area (Å²) in [7, 11) is 0. The van der Waals surface area contributed by atoms with E-state index in [0.717, 1.165) is 0 Å². The summed E-state index contributed by atoms with van der Waals surface area (Å²) in [5.74, 6) is -0.624. The van der Waals surface area contributed by atoms with E-state index in [2.05, 4.69) is 0 Å². The van der Waals surface area contributed by atoms with Gasteiger partial charge in [0.25, 0.3) is 0 Å². The molecule has 20 heavy (non-hydrogen) atoms. The average Bonchev–Trinajstić information content (AvgIpc) is 2.41. The van der Waals surface area contributed by atoms with E-state index in [4.69, 9.17) is 15.7 Å². The summed E-state index contributed by atoms with van der Waals surface area (Å²) in [5, 5.41) is 8.94. The predicted octanol–water partition coefficient (Wildman–Crippen LogP) is 3.27. The van der Waals surface area contributed by atoms with Crippen molar-refractivity contribution in [3.63, 3.8) is 0 Å². The van der Waals surface area contributed by atoms with Gasteiger partial charge in [0.2, 0.25) is 0 Å². The number of nitrogens with zero attached hydrogens (tertiary/aromatic N) is 1. The van der Waals surface area contributed by atoms with Crippen LogP contribution in [-0.4, -0.2) is 5.78 Å². The van der Waals surface area contributed by atoms with Crippen molar-refractivity contribution >= 4 is 11.5 Å². The molecule has 0 fully saturated rings. The molecule has 5 heteroatoms. The van der Waals surface area contributed by atoms with E-state index >= 15 is 0 Å². The normalized spacial score (nSPS) is 9.85. The molecule has 0 saturated carbocycles. The van der Waals surface area contributed by atoms with Gasteiger partial charge in [0.1, 0.15) is 28.9 Å². The molecule has 0 amide bonds. The summed E-state index contributed by atoms with van der Waals surface area (Å²) in [4.78, 5) is 11.6. The van der Waals surface area contributed by atoms with Gasteiger partial charge in [-0.3, -0.25) is 4.79 Å². The van der Waals surface area contributed by atoms with E-state index in [1.54, 1.807) is 12.1 Å². The number of nitriles is 1. The summed E-state index contributed by atoms with van der Waals surface area (Å²) in [5.41, 5.74) is 6.10. The number of halogens is 1. The summed E-state index contributed by atoms with van der Waals surface area (Å²) >= 11 is 0. The molecular formula is C15H11FN2O2. The Hall–Kier alpha value is -2.87. The van der Waals surface area contributed by atoms with Crippen LogP contribution in [0.2, 0.25) is 0 Å². The number of anilines is 1. The van der Waals surface area contributed by atoms with Gasteiger partial charge in [-0.2, -0.15) is 5.26 Å². The van der Waals surface area contributed by atoms with Gasteiger partial charge in [0.15, 0.2) is 5.78 Å². The van der Waals surface area contributed by atoms with Crippen molar-refractivity contribution in [3.8, 4) is 17.6 Å². The van der Waals surface area contributed by atoms with Gasteiger partial charge < -0.3 is 10.5 Å². The summed E-state index contributed by atoms with van der Waals surface area (Å²) in [6, 6.07) is 10.3. The molecule has 100 valence electrons. The van der Waals surface area contributed by atoms with Crippen molar-refractivity contribution in [3.05, 3.63) is 53.3 Å². The molecule has 0 aliphatic rings. The maximum atomic E-state index is 13.5. The van der Waals surface area contributed by atoms with Crippen molar-refractivity contribution in [1.82, 2.24) is 0 Å². The number of carbonyl (C=O) groups is 1. The SMILES string of the molecule is CC(=O)c1cc(N)ccc1Oc1cccc(F)c1C#N. The third kappa shape index (κ3) is 2.59. The number of carbonyl (C=O) groups excluding carboxylic acids is 1. The highest BCUT2D eigenvalue weighted by Gasteiger charge is 2.14. The van der Waals surface area contributed by atoms with E-state index in [1.807, 2.05) is 0 Å². The van der Waals surface area contributed by atoms with Gasteiger partial charge in [0, 0.05) is 5.69 Å². The van der Waals surface area contributed by atoms with Crippen molar-refractivity contribution in [2.75, 3.05) is 5.73 Å². The minimum Gasteiger partial charge on any atom is -0.455 e. The number of hydrogen-bond acceptors (Lipinski definition) is 4. The zero-order chi connectivity index (χ0) is 14.7. The number of nitrogens with two attached hydrogens (primary N) is 1. The molecule has 2 N–H and O–H groups in total. The minimum absolute atomic E-state index is 0.0553. The largest absolute Gasteiger partial charge is 0.455 e. The smallest absolute Gasteiger partial charge is 0.163 e. The highest BCUT2D eigenvalue weighted by Crippen LogP contribution is 2.30. The maximum Gasteiger partial charge on any atom is 0.163 e. The Bertz CT molecular complexity index is 720. The number of hydrogen-bond donors (Lipinski definition) is 1. The molecule has 0 atom stereocenters. The van der Waals surface area contributed by atoms with Crippen LogP contribution in [0.1, 0.15) is 22.8 Å². The Morgan fingerprint density at radius 3 is 2.70 bits per heavy atom. The first-order chi connectivity index (χ1) is 9.52. The number of benzene rings is 2. The highest BCUT2D eigenvalue weighted by molar-refractivity contribution is 5.97. The van der Waals surface area contributed by atoms with Crippen LogP contribution in [0.5, 0.6) is 11.5 Å². The zero-order valence-electron chi connectivity index (χ0n) is 10.7. The van der Waals surface area contributed by atoms with Gasteiger partial charge in [-0.25, -0.2) is 4.39 Å². The number of ketones is 1. The molecule has 2 aromatic carbocycles. The zero-order valence-corrected chi connectivity index (χ0v) is 10.7. The Labute approximate surface area is 115 Å². The molecule has 0 unspecified atom stereocenters. The molecule has 0 heterocycles. The fourth-order valence-corrected chi connectivity index (χ4v) is 1.73. The number of Topliss-reactive ketones (excluding diaryl/α,β-unsaturated/α-hetero) is 1. The predicted molar refractivity (Wildman–Crippen MR) is 72.0 cm³/mol. The molecule has 4 nitrogen and oxygen atoms in total. The first-order valence-corrected chi connectivity index (χ1v) is 5.80. The summed E-state index contributed by atoms with van der Waals surface area (Å²) < 4.78 is 19.0. The fourth-order valence-electron chi connectivity index (χ4n) is 1.73. The molecule has 2 rings (SSSR count). The van der Waals surface area contributed by atoms with Crippen molar-refractivity contribution in [1.29, 1.82) is 5.26 Å². The van der Waals surface area contributed by atoms with Gasteiger partial charge in [0.05, 0.1) is 5.56 Å². The monoisotopic (exact) mass is 270 g/mol. The second-order valence-electron chi connectivity index (χ2n) is 4.14. The Balaban J connectivity index is 2.49. The molecule has 0 aliphatic heterocycles. The molecule has 0 spiro atoms. The molecule has 0 aliphatic carbocycles. The second kappa shape index (κ2) is 5.41. The lowest BCUT2D eigenvalue weighted by Gasteiger charge is -2.11. The summed E-state index contributed by atoms with van der Waals surface area (Å²) in [6.45, 7) is 1.37. The van der Waals surface area contributed by atoms with Crippen LogP contribution >= 0.6 is 0 Å². The van der Waals surface area contributed by atoms with E-state index in [0.29, 0.717) is 5.69 Å². The molecule has 0 aromatic heterocycles. The van der Waals surface area contributed by atoms with Crippen LogP contribution in [0.25, 0.3) is 0 Å².